The molecule has 2 aromatic rings. The highest BCUT2D eigenvalue weighted by Crippen LogP contribution is 2.31. The average molecular weight is 451 g/mol. The van der Waals surface area contributed by atoms with Crippen LogP contribution < -0.4 is 10.1 Å². The van der Waals surface area contributed by atoms with Crippen molar-refractivity contribution in [1.82, 2.24) is 10.2 Å². The third-order valence-electron chi connectivity index (χ3n) is 4.82. The summed E-state index contributed by atoms with van der Waals surface area (Å²) in [5.74, 6) is 0.0554. The first-order valence-electron chi connectivity index (χ1n) is 9.72. The lowest BCUT2D eigenvalue weighted by atomic mass is 9.86. The van der Waals surface area contributed by atoms with Crippen molar-refractivity contribution in [1.29, 1.82) is 0 Å². The van der Waals surface area contributed by atoms with E-state index in [1.54, 1.807) is 25.1 Å². The van der Waals surface area contributed by atoms with Crippen LogP contribution in [0.15, 0.2) is 42.5 Å². The van der Waals surface area contributed by atoms with E-state index in [2.05, 4.69) is 26.1 Å². The van der Waals surface area contributed by atoms with Gasteiger partial charge in [-0.2, -0.15) is 0 Å². The first kappa shape index (κ1) is 24.0. The van der Waals surface area contributed by atoms with E-state index in [0.717, 1.165) is 5.56 Å². The van der Waals surface area contributed by atoms with Crippen LogP contribution in [0.25, 0.3) is 0 Å². The number of halogens is 2. The molecular formula is C23H28Cl2N2O3. The van der Waals surface area contributed by atoms with E-state index in [1.165, 1.54) is 11.9 Å². The molecule has 0 heterocycles. The molecule has 0 saturated heterocycles. The zero-order chi connectivity index (χ0) is 22.5. The van der Waals surface area contributed by atoms with Gasteiger partial charge in [0.05, 0.1) is 0 Å². The van der Waals surface area contributed by atoms with E-state index in [9.17, 15) is 9.59 Å². The lowest BCUT2D eigenvalue weighted by molar-refractivity contribution is -0.142. The SMILES string of the molecule is CNC(=O)[C@@H](C)N(Cc1ccc(Cl)cc1Cl)C(=O)COc1ccccc1C(C)(C)C. The molecule has 7 heteroatoms. The number of para-hydroxylation sites is 1. The van der Waals surface area contributed by atoms with Crippen molar-refractivity contribution in [2.24, 2.45) is 0 Å². The highest BCUT2D eigenvalue weighted by atomic mass is 35.5. The number of amides is 2. The maximum atomic E-state index is 13.1. The molecule has 0 unspecified atom stereocenters. The van der Waals surface area contributed by atoms with Crippen LogP contribution >= 0.6 is 23.2 Å². The Morgan fingerprint density at radius 3 is 2.40 bits per heavy atom. The van der Waals surface area contributed by atoms with E-state index in [0.29, 0.717) is 21.4 Å². The molecule has 0 aliphatic rings. The van der Waals surface area contributed by atoms with Gasteiger partial charge in [-0.3, -0.25) is 9.59 Å². The number of nitrogens with one attached hydrogen (secondary N) is 1. The number of carbonyl (C=O) groups is 2. The summed E-state index contributed by atoms with van der Waals surface area (Å²) in [6.07, 6.45) is 0. The summed E-state index contributed by atoms with van der Waals surface area (Å²) in [4.78, 5) is 26.8. The smallest absolute Gasteiger partial charge is 0.261 e. The predicted molar refractivity (Wildman–Crippen MR) is 121 cm³/mol. The molecule has 0 saturated carbocycles. The minimum Gasteiger partial charge on any atom is -0.483 e. The average Bonchev–Trinajstić information content (AvgIpc) is 2.70. The second-order valence-electron chi connectivity index (χ2n) is 8.08. The van der Waals surface area contributed by atoms with Crippen LogP contribution in [0.1, 0.15) is 38.8 Å². The van der Waals surface area contributed by atoms with Crippen LogP contribution in [0.2, 0.25) is 10.0 Å². The Hall–Kier alpha value is -2.24. The lowest BCUT2D eigenvalue weighted by Gasteiger charge is -2.29. The number of benzene rings is 2. The van der Waals surface area contributed by atoms with Gasteiger partial charge in [0.15, 0.2) is 6.61 Å². The van der Waals surface area contributed by atoms with E-state index in [-0.39, 0.29) is 30.4 Å². The molecule has 0 fully saturated rings. The molecule has 1 N–H and O–H groups in total. The highest BCUT2D eigenvalue weighted by Gasteiger charge is 2.27. The predicted octanol–water partition coefficient (Wildman–Crippen LogP) is 4.83. The molecule has 0 aliphatic carbocycles. The van der Waals surface area contributed by atoms with Gasteiger partial charge in [0.1, 0.15) is 11.8 Å². The molecule has 30 heavy (non-hydrogen) atoms. The Bertz CT molecular complexity index is 910. The van der Waals surface area contributed by atoms with Crippen LogP contribution in [0.5, 0.6) is 5.75 Å². The number of likely N-dealkylation sites (N-methyl/N-ethyl adjacent to an activating group) is 1. The Morgan fingerprint density at radius 2 is 1.80 bits per heavy atom. The minimum atomic E-state index is -0.698. The van der Waals surface area contributed by atoms with E-state index >= 15 is 0 Å². The van der Waals surface area contributed by atoms with Crippen molar-refractivity contribution in [3.05, 3.63) is 63.6 Å². The summed E-state index contributed by atoms with van der Waals surface area (Å²) in [5.41, 5.74) is 1.57. The van der Waals surface area contributed by atoms with Gasteiger partial charge in [0, 0.05) is 23.6 Å². The standard InChI is InChI=1S/C23H28Cl2N2O3/c1-15(22(29)26-5)27(13-16-10-11-17(24)12-19(16)25)21(28)14-30-20-9-7-6-8-18(20)23(2,3)4/h6-12,15H,13-14H2,1-5H3,(H,26,29)/t15-/m1/s1. The maximum Gasteiger partial charge on any atom is 0.261 e. The lowest BCUT2D eigenvalue weighted by Crippen LogP contribution is -2.48. The largest absolute Gasteiger partial charge is 0.483 e. The van der Waals surface area contributed by atoms with Gasteiger partial charge in [-0.1, -0.05) is 68.2 Å². The zero-order valence-electron chi connectivity index (χ0n) is 18.0. The molecule has 0 aromatic heterocycles. The first-order valence-corrected chi connectivity index (χ1v) is 10.5. The van der Waals surface area contributed by atoms with Gasteiger partial charge in [-0.25, -0.2) is 0 Å². The van der Waals surface area contributed by atoms with Crippen LogP contribution in [0, 0.1) is 0 Å². The number of nitrogens with zero attached hydrogens (tertiary/aromatic N) is 1. The molecule has 0 spiro atoms. The molecule has 2 rings (SSSR count). The highest BCUT2D eigenvalue weighted by molar-refractivity contribution is 6.35. The van der Waals surface area contributed by atoms with Crippen LogP contribution in [0.3, 0.4) is 0 Å². The molecular weight excluding hydrogens is 423 g/mol. The molecule has 0 bridgehead atoms. The van der Waals surface area contributed by atoms with Gasteiger partial charge in [0.25, 0.3) is 5.91 Å². The van der Waals surface area contributed by atoms with Crippen molar-refractivity contribution in [3.8, 4) is 5.75 Å². The molecule has 5 nitrogen and oxygen atoms in total. The number of ether oxygens (including phenoxy) is 1. The molecule has 2 aromatic carbocycles. The quantitative estimate of drug-likeness (QED) is 0.656. The topological polar surface area (TPSA) is 58.6 Å². The fourth-order valence-electron chi connectivity index (χ4n) is 3.06. The van der Waals surface area contributed by atoms with Crippen LogP contribution in [-0.4, -0.2) is 36.4 Å². The Morgan fingerprint density at radius 1 is 1.13 bits per heavy atom. The second-order valence-corrected chi connectivity index (χ2v) is 8.93. The summed E-state index contributed by atoms with van der Waals surface area (Å²) in [6.45, 7) is 7.88. The van der Waals surface area contributed by atoms with E-state index < -0.39 is 6.04 Å². The Labute approximate surface area is 188 Å². The van der Waals surface area contributed by atoms with Crippen molar-refractivity contribution >= 4 is 35.0 Å². The van der Waals surface area contributed by atoms with Crippen LogP contribution in [-0.2, 0) is 21.5 Å². The van der Waals surface area contributed by atoms with Gasteiger partial charge in [-0.15, -0.1) is 0 Å². The number of carbonyl (C=O) groups excluding carboxylic acids is 2. The van der Waals surface area contributed by atoms with Gasteiger partial charge >= 0.3 is 0 Å². The molecule has 0 aliphatic heterocycles. The van der Waals surface area contributed by atoms with Crippen molar-refractivity contribution in [2.45, 2.75) is 45.7 Å². The van der Waals surface area contributed by atoms with Gasteiger partial charge < -0.3 is 15.0 Å². The number of hydrogen-bond donors (Lipinski definition) is 1. The van der Waals surface area contributed by atoms with Crippen LogP contribution in [0.4, 0.5) is 0 Å². The summed E-state index contributed by atoms with van der Waals surface area (Å²) in [6, 6.07) is 12.0. The third kappa shape index (κ3) is 6.13. The maximum absolute atomic E-state index is 13.1. The fourth-order valence-corrected chi connectivity index (χ4v) is 3.53. The van der Waals surface area contributed by atoms with Gasteiger partial charge in [-0.05, 0) is 41.7 Å². The normalized spacial score (nSPS) is 12.2. The van der Waals surface area contributed by atoms with E-state index in [4.69, 9.17) is 27.9 Å². The number of hydrogen-bond acceptors (Lipinski definition) is 3. The van der Waals surface area contributed by atoms with Crippen molar-refractivity contribution < 1.29 is 14.3 Å². The zero-order valence-corrected chi connectivity index (χ0v) is 19.5. The monoisotopic (exact) mass is 450 g/mol. The minimum absolute atomic E-state index is 0.133. The Kier molecular flexibility index (Phi) is 8.16. The second kappa shape index (κ2) is 10.2. The molecule has 0 radical (unpaired) electrons. The summed E-state index contributed by atoms with van der Waals surface area (Å²) >= 11 is 12.3. The first-order chi connectivity index (χ1) is 14.0. The Balaban J connectivity index is 2.24. The van der Waals surface area contributed by atoms with Crippen molar-refractivity contribution in [3.63, 3.8) is 0 Å². The van der Waals surface area contributed by atoms with E-state index in [1.807, 2.05) is 24.3 Å². The summed E-state index contributed by atoms with van der Waals surface area (Å²) in [7, 11) is 1.53. The number of rotatable bonds is 7. The summed E-state index contributed by atoms with van der Waals surface area (Å²) in [5, 5.41) is 3.52. The van der Waals surface area contributed by atoms with Gasteiger partial charge in [0.2, 0.25) is 5.91 Å². The third-order valence-corrected chi connectivity index (χ3v) is 5.40. The molecule has 1 atom stereocenters. The molecule has 162 valence electrons. The fraction of sp³-hybridized carbons (Fsp3) is 0.391. The van der Waals surface area contributed by atoms with Crippen molar-refractivity contribution in [2.75, 3.05) is 13.7 Å². The molecule has 2 amide bonds. The summed E-state index contributed by atoms with van der Waals surface area (Å²) < 4.78 is 5.88.